The molecule has 1 aromatic carbocycles. The van der Waals surface area contributed by atoms with Crippen molar-refractivity contribution in [1.82, 2.24) is 0 Å². The Morgan fingerprint density at radius 2 is 1.95 bits per heavy atom. The van der Waals surface area contributed by atoms with Crippen LogP contribution >= 0.6 is 0 Å². The van der Waals surface area contributed by atoms with Crippen molar-refractivity contribution < 1.29 is 19.4 Å². The zero-order valence-corrected chi connectivity index (χ0v) is 11.2. The van der Waals surface area contributed by atoms with E-state index >= 15 is 0 Å². The van der Waals surface area contributed by atoms with E-state index in [1.165, 1.54) is 0 Å². The van der Waals surface area contributed by atoms with E-state index in [1.807, 2.05) is 24.3 Å². The summed E-state index contributed by atoms with van der Waals surface area (Å²) in [4.78, 5) is 11.4. The van der Waals surface area contributed by atoms with Gasteiger partial charge < -0.3 is 14.6 Å². The van der Waals surface area contributed by atoms with Crippen LogP contribution in [0.4, 0.5) is 0 Å². The number of aliphatic hydroxyl groups is 1. The van der Waals surface area contributed by atoms with Crippen LogP contribution in [0.15, 0.2) is 30.8 Å². The molecule has 21 heavy (non-hydrogen) atoms. The standard InChI is InChI=1S/C15H20O4.2CH4/c1-3-13-4-6-14(7-5-13)11-18-10-12(2)15(17)19-9-8-16;;/h3-7,12,16H,1,8-11H2,2H3;2*1H4. The molecule has 0 aliphatic rings. The molecule has 1 atom stereocenters. The Hall–Kier alpha value is -1.65. The Bertz CT molecular complexity index is 398. The van der Waals surface area contributed by atoms with Crippen LogP contribution in [0.2, 0.25) is 0 Å². The van der Waals surface area contributed by atoms with Crippen LogP contribution in [-0.2, 0) is 20.9 Å². The molecule has 1 unspecified atom stereocenters. The Balaban J connectivity index is 0. The predicted octanol–water partition coefficient (Wildman–Crippen LogP) is 3.29. The van der Waals surface area contributed by atoms with Gasteiger partial charge >= 0.3 is 5.97 Å². The highest BCUT2D eigenvalue weighted by Gasteiger charge is 2.14. The van der Waals surface area contributed by atoms with Crippen LogP contribution in [0.3, 0.4) is 0 Å². The van der Waals surface area contributed by atoms with Gasteiger partial charge in [0.2, 0.25) is 0 Å². The SMILES string of the molecule is C.C.C=Cc1ccc(COCC(C)C(=O)OCCO)cc1. The first-order valence-corrected chi connectivity index (χ1v) is 6.24. The van der Waals surface area contributed by atoms with E-state index in [4.69, 9.17) is 14.6 Å². The molecule has 4 nitrogen and oxygen atoms in total. The summed E-state index contributed by atoms with van der Waals surface area (Å²) in [6, 6.07) is 7.85. The number of esters is 1. The van der Waals surface area contributed by atoms with Crippen LogP contribution in [0.1, 0.15) is 32.9 Å². The molecule has 1 aromatic rings. The summed E-state index contributed by atoms with van der Waals surface area (Å²) < 4.78 is 10.3. The second-order valence-electron chi connectivity index (χ2n) is 4.25. The molecule has 0 fully saturated rings. The van der Waals surface area contributed by atoms with Gasteiger partial charge in [-0.15, -0.1) is 0 Å². The smallest absolute Gasteiger partial charge is 0.311 e. The first kappa shape index (κ1) is 21.6. The first-order valence-electron chi connectivity index (χ1n) is 6.24. The highest BCUT2D eigenvalue weighted by Crippen LogP contribution is 2.08. The predicted molar refractivity (Wildman–Crippen MR) is 86.9 cm³/mol. The molecule has 0 saturated carbocycles. The fourth-order valence-corrected chi connectivity index (χ4v) is 1.46. The fourth-order valence-electron chi connectivity index (χ4n) is 1.46. The number of aliphatic hydroxyl groups excluding tert-OH is 1. The molecule has 0 spiro atoms. The minimum absolute atomic E-state index is 0. The number of hydrogen-bond acceptors (Lipinski definition) is 4. The summed E-state index contributed by atoms with van der Waals surface area (Å²) in [5, 5.41) is 8.55. The van der Waals surface area contributed by atoms with Crippen LogP contribution in [0, 0.1) is 5.92 Å². The van der Waals surface area contributed by atoms with E-state index in [2.05, 4.69) is 6.58 Å². The van der Waals surface area contributed by atoms with Gasteiger partial charge in [0.05, 0.1) is 25.7 Å². The molecule has 4 heteroatoms. The number of carbonyl (C=O) groups is 1. The van der Waals surface area contributed by atoms with Gasteiger partial charge in [0.15, 0.2) is 0 Å². The van der Waals surface area contributed by atoms with Crippen molar-refractivity contribution >= 4 is 12.0 Å². The summed E-state index contributed by atoms with van der Waals surface area (Å²) in [7, 11) is 0. The lowest BCUT2D eigenvalue weighted by Crippen LogP contribution is -2.21. The van der Waals surface area contributed by atoms with Gasteiger partial charge in [-0.25, -0.2) is 0 Å². The zero-order chi connectivity index (χ0) is 14.1. The number of hydrogen-bond donors (Lipinski definition) is 1. The van der Waals surface area contributed by atoms with E-state index in [-0.39, 0.29) is 40.0 Å². The minimum Gasteiger partial charge on any atom is -0.463 e. The second-order valence-corrected chi connectivity index (χ2v) is 4.25. The van der Waals surface area contributed by atoms with Crippen LogP contribution in [0.5, 0.6) is 0 Å². The average Bonchev–Trinajstić information content (AvgIpc) is 2.45. The Morgan fingerprint density at radius 1 is 1.33 bits per heavy atom. The van der Waals surface area contributed by atoms with Gasteiger partial charge in [-0.1, -0.05) is 51.8 Å². The number of ether oxygens (including phenoxy) is 2. The quantitative estimate of drug-likeness (QED) is 0.748. The zero-order valence-electron chi connectivity index (χ0n) is 11.2. The molecule has 1 rings (SSSR count). The van der Waals surface area contributed by atoms with Gasteiger partial charge in [0.1, 0.15) is 6.61 Å². The van der Waals surface area contributed by atoms with Gasteiger partial charge in [-0.05, 0) is 18.1 Å². The highest BCUT2D eigenvalue weighted by molar-refractivity contribution is 5.72. The molecule has 0 aliphatic heterocycles. The van der Waals surface area contributed by atoms with Crippen molar-refractivity contribution in [2.75, 3.05) is 19.8 Å². The lowest BCUT2D eigenvalue weighted by molar-refractivity contribution is -0.151. The van der Waals surface area contributed by atoms with Gasteiger partial charge in [-0.2, -0.15) is 0 Å². The molecule has 0 heterocycles. The maximum atomic E-state index is 11.4. The summed E-state index contributed by atoms with van der Waals surface area (Å²) in [5.41, 5.74) is 2.10. The third kappa shape index (κ3) is 8.27. The van der Waals surface area contributed by atoms with Crippen molar-refractivity contribution in [3.05, 3.63) is 42.0 Å². The second kappa shape index (κ2) is 12.1. The van der Waals surface area contributed by atoms with E-state index in [9.17, 15) is 4.79 Å². The van der Waals surface area contributed by atoms with Crippen molar-refractivity contribution in [3.63, 3.8) is 0 Å². The minimum atomic E-state index is -0.351. The van der Waals surface area contributed by atoms with E-state index in [0.29, 0.717) is 13.2 Å². The van der Waals surface area contributed by atoms with Crippen molar-refractivity contribution in [3.8, 4) is 0 Å². The number of rotatable bonds is 8. The molecule has 0 radical (unpaired) electrons. The lowest BCUT2D eigenvalue weighted by atomic mass is 10.1. The first-order chi connectivity index (χ1) is 9.17. The van der Waals surface area contributed by atoms with Gasteiger partial charge in [0.25, 0.3) is 0 Å². The van der Waals surface area contributed by atoms with Crippen LogP contribution in [-0.4, -0.2) is 30.9 Å². The summed E-state index contributed by atoms with van der Waals surface area (Å²) in [6.07, 6.45) is 1.78. The Kier molecular flexibility index (Phi) is 12.5. The largest absolute Gasteiger partial charge is 0.463 e. The lowest BCUT2D eigenvalue weighted by Gasteiger charge is -2.11. The van der Waals surface area contributed by atoms with E-state index in [1.54, 1.807) is 13.0 Å². The Morgan fingerprint density at radius 3 is 2.48 bits per heavy atom. The highest BCUT2D eigenvalue weighted by atomic mass is 16.5. The Labute approximate surface area is 128 Å². The van der Waals surface area contributed by atoms with E-state index < -0.39 is 0 Å². The third-order valence-electron chi connectivity index (χ3n) is 2.59. The average molecular weight is 296 g/mol. The normalized spacial score (nSPS) is 10.8. The summed E-state index contributed by atoms with van der Waals surface area (Å²) >= 11 is 0. The van der Waals surface area contributed by atoms with Crippen LogP contribution in [0.25, 0.3) is 6.08 Å². The number of carbonyl (C=O) groups excluding carboxylic acids is 1. The molecule has 0 aromatic heterocycles. The molecule has 1 N–H and O–H groups in total. The monoisotopic (exact) mass is 296 g/mol. The molecule has 0 bridgehead atoms. The van der Waals surface area contributed by atoms with Gasteiger partial charge in [-0.3, -0.25) is 4.79 Å². The van der Waals surface area contributed by atoms with Crippen molar-refractivity contribution in [2.45, 2.75) is 28.4 Å². The topological polar surface area (TPSA) is 55.8 Å². The van der Waals surface area contributed by atoms with Crippen LogP contribution < -0.4 is 0 Å². The summed E-state index contributed by atoms with van der Waals surface area (Å²) in [6.45, 7) is 6.05. The van der Waals surface area contributed by atoms with Crippen molar-refractivity contribution in [1.29, 1.82) is 0 Å². The molecular formula is C17H28O4. The molecular weight excluding hydrogens is 268 g/mol. The molecule has 120 valence electrons. The summed E-state index contributed by atoms with van der Waals surface area (Å²) in [5.74, 6) is -0.685. The fraction of sp³-hybridized carbons (Fsp3) is 0.471. The number of benzene rings is 1. The van der Waals surface area contributed by atoms with Crippen molar-refractivity contribution in [2.24, 2.45) is 5.92 Å². The molecule has 0 saturated heterocycles. The van der Waals surface area contributed by atoms with E-state index in [0.717, 1.165) is 11.1 Å². The van der Waals surface area contributed by atoms with Gasteiger partial charge in [0, 0.05) is 0 Å². The molecule has 0 amide bonds. The maximum Gasteiger partial charge on any atom is 0.311 e. The maximum absolute atomic E-state index is 11.4. The molecule has 0 aliphatic carbocycles. The third-order valence-corrected chi connectivity index (χ3v) is 2.59.